The molecule has 0 spiro atoms. The number of Topliss-reactive ketones (excluding diaryl/α,β-unsaturated/α-hetero) is 1. The van der Waals surface area contributed by atoms with Gasteiger partial charge in [0.15, 0.2) is 0 Å². The first-order valence-corrected chi connectivity index (χ1v) is 6.33. The number of fused-ring (bicyclic) bond motifs is 2. The molecule has 1 saturated carbocycles. The number of hydrogen-bond acceptors (Lipinski definition) is 3. The van der Waals surface area contributed by atoms with E-state index < -0.39 is 5.60 Å². The number of ketones is 1. The lowest BCUT2D eigenvalue weighted by Gasteiger charge is -2.40. The molecule has 4 heteroatoms. The molecule has 2 fully saturated rings. The fourth-order valence-corrected chi connectivity index (χ4v) is 2.82. The normalized spacial score (nSPS) is 29.1. The lowest BCUT2D eigenvalue weighted by atomic mass is 9.77. The zero-order valence-corrected chi connectivity index (χ0v) is 10.9. The van der Waals surface area contributed by atoms with Gasteiger partial charge in [-0.3, -0.25) is 4.79 Å². The lowest BCUT2D eigenvalue weighted by molar-refractivity contribution is -0.125. The summed E-state index contributed by atoms with van der Waals surface area (Å²) < 4.78 is 5.37. The minimum absolute atomic E-state index is 0.235. The van der Waals surface area contributed by atoms with Crippen LogP contribution in [0.2, 0.25) is 0 Å². The number of hydrogen-bond donors (Lipinski definition) is 0. The van der Waals surface area contributed by atoms with Crippen LogP contribution in [0.15, 0.2) is 0 Å². The standard InChI is InChI=1S/C13H21NO3/c1-13(2,3)17-12(16)14-7-9-4-10(8-14)6-11(15)5-9/h9-10H,4-8H2,1-3H3. The summed E-state index contributed by atoms with van der Waals surface area (Å²) in [6.07, 6.45) is 2.12. The van der Waals surface area contributed by atoms with Crippen LogP contribution in [0, 0.1) is 11.8 Å². The largest absolute Gasteiger partial charge is 0.444 e. The Morgan fingerprint density at radius 2 is 1.76 bits per heavy atom. The van der Waals surface area contributed by atoms with Crippen LogP contribution in [-0.4, -0.2) is 35.5 Å². The maximum atomic E-state index is 11.9. The van der Waals surface area contributed by atoms with Gasteiger partial charge in [0, 0.05) is 25.9 Å². The minimum Gasteiger partial charge on any atom is -0.444 e. The summed E-state index contributed by atoms with van der Waals surface area (Å²) in [6.45, 7) is 6.98. The van der Waals surface area contributed by atoms with E-state index in [-0.39, 0.29) is 6.09 Å². The van der Waals surface area contributed by atoms with Crippen LogP contribution in [0.5, 0.6) is 0 Å². The van der Waals surface area contributed by atoms with E-state index in [1.807, 2.05) is 20.8 Å². The number of rotatable bonds is 0. The molecule has 2 atom stereocenters. The van der Waals surface area contributed by atoms with Crippen molar-refractivity contribution in [2.24, 2.45) is 11.8 Å². The molecular weight excluding hydrogens is 218 g/mol. The molecule has 0 radical (unpaired) electrons. The van der Waals surface area contributed by atoms with Gasteiger partial charge < -0.3 is 9.64 Å². The molecule has 0 aromatic carbocycles. The van der Waals surface area contributed by atoms with Gasteiger partial charge in [-0.25, -0.2) is 4.79 Å². The van der Waals surface area contributed by atoms with Gasteiger partial charge in [0.25, 0.3) is 0 Å². The molecule has 0 aromatic heterocycles. The Balaban J connectivity index is 1.96. The highest BCUT2D eigenvalue weighted by atomic mass is 16.6. The predicted octanol–water partition coefficient (Wildman–Crippen LogP) is 2.22. The van der Waals surface area contributed by atoms with Crippen LogP contribution >= 0.6 is 0 Å². The van der Waals surface area contributed by atoms with Gasteiger partial charge in [0.1, 0.15) is 11.4 Å². The first-order chi connectivity index (χ1) is 7.83. The van der Waals surface area contributed by atoms with Crippen LogP contribution in [-0.2, 0) is 9.53 Å². The smallest absolute Gasteiger partial charge is 0.410 e. The van der Waals surface area contributed by atoms with E-state index in [0.29, 0.717) is 43.6 Å². The maximum Gasteiger partial charge on any atom is 0.410 e. The van der Waals surface area contributed by atoms with E-state index in [4.69, 9.17) is 4.74 Å². The summed E-state index contributed by atoms with van der Waals surface area (Å²) in [4.78, 5) is 25.2. The Bertz CT molecular complexity index is 316. The van der Waals surface area contributed by atoms with Crippen molar-refractivity contribution in [2.45, 2.75) is 45.6 Å². The van der Waals surface area contributed by atoms with Crippen LogP contribution in [0.1, 0.15) is 40.0 Å². The topological polar surface area (TPSA) is 46.6 Å². The van der Waals surface area contributed by atoms with Crippen molar-refractivity contribution in [3.8, 4) is 0 Å². The number of likely N-dealkylation sites (tertiary alicyclic amines) is 1. The van der Waals surface area contributed by atoms with E-state index in [9.17, 15) is 9.59 Å². The number of nitrogens with zero attached hydrogens (tertiary/aromatic N) is 1. The molecule has 0 aromatic rings. The van der Waals surface area contributed by atoms with Crippen LogP contribution in [0.3, 0.4) is 0 Å². The molecule has 4 nitrogen and oxygen atoms in total. The monoisotopic (exact) mass is 239 g/mol. The second-order valence-corrected chi connectivity index (χ2v) is 6.30. The van der Waals surface area contributed by atoms with E-state index in [1.54, 1.807) is 4.90 Å². The number of ether oxygens (including phenoxy) is 1. The Morgan fingerprint density at radius 1 is 1.24 bits per heavy atom. The summed E-state index contributed by atoms with van der Waals surface area (Å²) in [5.74, 6) is 1.06. The molecule has 1 aliphatic carbocycles. The fourth-order valence-electron chi connectivity index (χ4n) is 2.82. The van der Waals surface area contributed by atoms with Crippen molar-refractivity contribution in [2.75, 3.05) is 13.1 Å². The first kappa shape index (κ1) is 12.4. The Kier molecular flexibility index (Phi) is 3.15. The van der Waals surface area contributed by atoms with E-state index in [1.165, 1.54) is 0 Å². The summed E-state index contributed by atoms with van der Waals surface area (Å²) in [5.41, 5.74) is -0.445. The molecule has 1 heterocycles. The average molecular weight is 239 g/mol. The molecule has 96 valence electrons. The van der Waals surface area contributed by atoms with Gasteiger partial charge in [0.05, 0.1) is 0 Å². The second kappa shape index (κ2) is 4.31. The molecule has 2 unspecified atom stereocenters. The summed E-state index contributed by atoms with van der Waals surface area (Å²) in [6, 6.07) is 0. The number of piperidine rings is 1. The van der Waals surface area contributed by atoms with Crippen LogP contribution < -0.4 is 0 Å². The Morgan fingerprint density at radius 3 is 2.24 bits per heavy atom. The average Bonchev–Trinajstić information content (AvgIpc) is 2.12. The molecule has 1 amide bonds. The maximum absolute atomic E-state index is 11.9. The van der Waals surface area contributed by atoms with Crippen LogP contribution in [0.25, 0.3) is 0 Å². The van der Waals surface area contributed by atoms with Crippen molar-refractivity contribution in [1.82, 2.24) is 4.90 Å². The highest BCUT2D eigenvalue weighted by molar-refractivity contribution is 5.80. The number of carbonyl (C=O) groups excluding carboxylic acids is 2. The van der Waals surface area contributed by atoms with Crippen molar-refractivity contribution in [1.29, 1.82) is 0 Å². The summed E-state index contributed by atoms with van der Waals surface area (Å²) >= 11 is 0. The third-order valence-corrected chi connectivity index (χ3v) is 3.31. The van der Waals surface area contributed by atoms with E-state index in [0.717, 1.165) is 6.42 Å². The molecule has 1 aliphatic heterocycles. The van der Waals surface area contributed by atoms with E-state index >= 15 is 0 Å². The van der Waals surface area contributed by atoms with E-state index in [2.05, 4.69) is 0 Å². The van der Waals surface area contributed by atoms with Gasteiger partial charge in [-0.2, -0.15) is 0 Å². The third-order valence-electron chi connectivity index (χ3n) is 3.31. The van der Waals surface area contributed by atoms with Gasteiger partial charge >= 0.3 is 6.09 Å². The molecule has 0 N–H and O–H groups in total. The van der Waals surface area contributed by atoms with Gasteiger partial charge in [0.2, 0.25) is 0 Å². The molecule has 2 rings (SSSR count). The van der Waals surface area contributed by atoms with Gasteiger partial charge in [-0.05, 0) is 39.0 Å². The highest BCUT2D eigenvalue weighted by Crippen LogP contribution is 2.33. The number of carbonyl (C=O) groups is 2. The molecule has 1 saturated heterocycles. The Hall–Kier alpha value is -1.06. The Labute approximate surface area is 102 Å². The SMILES string of the molecule is CC(C)(C)OC(=O)N1CC2CC(=O)CC(C2)C1. The second-order valence-electron chi connectivity index (χ2n) is 6.30. The van der Waals surface area contributed by atoms with Crippen molar-refractivity contribution in [3.05, 3.63) is 0 Å². The molecule has 2 bridgehead atoms. The van der Waals surface area contributed by atoms with Crippen molar-refractivity contribution in [3.63, 3.8) is 0 Å². The zero-order chi connectivity index (χ0) is 12.6. The fraction of sp³-hybridized carbons (Fsp3) is 0.846. The summed E-state index contributed by atoms with van der Waals surface area (Å²) in [7, 11) is 0. The molecular formula is C13H21NO3. The van der Waals surface area contributed by atoms with Crippen LogP contribution in [0.4, 0.5) is 4.79 Å². The number of amides is 1. The highest BCUT2D eigenvalue weighted by Gasteiger charge is 2.37. The van der Waals surface area contributed by atoms with Gasteiger partial charge in [-0.15, -0.1) is 0 Å². The molecule has 17 heavy (non-hydrogen) atoms. The zero-order valence-electron chi connectivity index (χ0n) is 10.9. The molecule has 2 aliphatic rings. The first-order valence-electron chi connectivity index (χ1n) is 6.33. The quantitative estimate of drug-likeness (QED) is 0.651. The predicted molar refractivity (Wildman–Crippen MR) is 63.6 cm³/mol. The third kappa shape index (κ3) is 3.20. The summed E-state index contributed by atoms with van der Waals surface area (Å²) in [5, 5.41) is 0. The van der Waals surface area contributed by atoms with Crippen molar-refractivity contribution >= 4 is 11.9 Å². The lowest BCUT2D eigenvalue weighted by Crippen LogP contribution is -2.48. The van der Waals surface area contributed by atoms with Crippen molar-refractivity contribution < 1.29 is 14.3 Å². The minimum atomic E-state index is -0.445. The van der Waals surface area contributed by atoms with Gasteiger partial charge in [-0.1, -0.05) is 0 Å².